The fourth-order valence-corrected chi connectivity index (χ4v) is 4.94. The summed E-state index contributed by atoms with van der Waals surface area (Å²) in [6, 6.07) is 6.41. The van der Waals surface area contributed by atoms with Gasteiger partial charge in [-0.3, -0.25) is 4.99 Å². The molecule has 1 atom stereocenters. The van der Waals surface area contributed by atoms with Gasteiger partial charge in [0, 0.05) is 45.1 Å². The van der Waals surface area contributed by atoms with E-state index in [0.29, 0.717) is 5.92 Å². The second kappa shape index (κ2) is 12.0. The normalized spacial score (nSPS) is 21.1. The molecule has 2 aliphatic rings. The van der Waals surface area contributed by atoms with E-state index in [1.165, 1.54) is 37.7 Å². The van der Waals surface area contributed by atoms with Gasteiger partial charge < -0.3 is 24.4 Å². The summed E-state index contributed by atoms with van der Waals surface area (Å²) in [5, 5.41) is 3.71. The van der Waals surface area contributed by atoms with Crippen molar-refractivity contribution in [2.24, 2.45) is 10.9 Å². The highest BCUT2D eigenvalue weighted by molar-refractivity contribution is 14.0. The van der Waals surface area contributed by atoms with E-state index in [2.05, 4.69) is 27.3 Å². The monoisotopic (exact) mass is 531 g/mol. The summed E-state index contributed by atoms with van der Waals surface area (Å²) < 4.78 is 16.4. The molecular formula is C23H38IN3O3. The van der Waals surface area contributed by atoms with Gasteiger partial charge in [-0.15, -0.1) is 24.0 Å². The maximum absolute atomic E-state index is 5.59. The van der Waals surface area contributed by atoms with Crippen LogP contribution in [0, 0.1) is 5.92 Å². The van der Waals surface area contributed by atoms with E-state index in [0.717, 1.165) is 50.1 Å². The van der Waals surface area contributed by atoms with E-state index in [1.54, 1.807) is 21.3 Å². The topological polar surface area (TPSA) is 55.3 Å². The van der Waals surface area contributed by atoms with Crippen molar-refractivity contribution < 1.29 is 14.2 Å². The van der Waals surface area contributed by atoms with Crippen molar-refractivity contribution in [3.63, 3.8) is 0 Å². The largest absolute Gasteiger partial charge is 0.493 e. The number of benzene rings is 1. The number of nitrogens with zero attached hydrogens (tertiary/aromatic N) is 2. The zero-order valence-corrected chi connectivity index (χ0v) is 21.2. The summed E-state index contributed by atoms with van der Waals surface area (Å²) in [6.07, 6.45) is 7.35. The van der Waals surface area contributed by atoms with Crippen LogP contribution in [0.4, 0.5) is 0 Å². The summed E-state index contributed by atoms with van der Waals surface area (Å²) in [5.74, 6) is 3.19. The van der Waals surface area contributed by atoms with Gasteiger partial charge in [-0.25, -0.2) is 0 Å². The third-order valence-corrected chi connectivity index (χ3v) is 6.59. The average molecular weight is 531 g/mol. The van der Waals surface area contributed by atoms with E-state index < -0.39 is 0 Å². The first kappa shape index (κ1) is 25.0. The molecule has 1 aliphatic carbocycles. The van der Waals surface area contributed by atoms with E-state index >= 15 is 0 Å². The minimum atomic E-state index is 0. The molecule has 1 saturated heterocycles. The predicted molar refractivity (Wildman–Crippen MR) is 133 cm³/mol. The fourth-order valence-electron chi connectivity index (χ4n) is 4.94. The number of rotatable bonds is 7. The summed E-state index contributed by atoms with van der Waals surface area (Å²) in [7, 11) is 7.06. The van der Waals surface area contributed by atoms with Crippen molar-refractivity contribution in [1.82, 2.24) is 10.2 Å². The van der Waals surface area contributed by atoms with E-state index in [1.807, 2.05) is 13.1 Å². The zero-order chi connectivity index (χ0) is 20.7. The van der Waals surface area contributed by atoms with Crippen LogP contribution >= 0.6 is 24.0 Å². The van der Waals surface area contributed by atoms with E-state index in [4.69, 9.17) is 14.2 Å². The highest BCUT2D eigenvalue weighted by Crippen LogP contribution is 2.42. The first-order chi connectivity index (χ1) is 14.2. The van der Waals surface area contributed by atoms with Crippen molar-refractivity contribution in [1.29, 1.82) is 0 Å². The number of ether oxygens (including phenoxy) is 3. The highest BCUT2D eigenvalue weighted by Gasteiger charge is 2.35. The summed E-state index contributed by atoms with van der Waals surface area (Å²) in [4.78, 5) is 6.95. The van der Waals surface area contributed by atoms with Crippen molar-refractivity contribution in [2.45, 2.75) is 43.9 Å². The standard InChI is InChI=1S/C23H37N3O3.HI/c1-24-22(26-13-10-18(15-26)16-27-2)25-17-23(11-6-5-7-12-23)19-8-9-20(28-3)21(14-19)29-4;/h8-9,14,18H,5-7,10-13,15-17H2,1-4H3,(H,24,25);1H. The molecule has 1 saturated carbocycles. The Bertz CT molecular complexity index is 692. The quantitative estimate of drug-likeness (QED) is 0.327. The number of guanidine groups is 1. The second-order valence-electron chi connectivity index (χ2n) is 8.37. The number of halogens is 1. The van der Waals surface area contributed by atoms with Crippen molar-refractivity contribution in [3.05, 3.63) is 23.8 Å². The molecule has 0 bridgehead atoms. The number of nitrogens with one attached hydrogen (secondary N) is 1. The molecule has 1 aromatic carbocycles. The Morgan fingerprint density at radius 3 is 2.50 bits per heavy atom. The molecule has 3 rings (SSSR count). The van der Waals surface area contributed by atoms with Crippen molar-refractivity contribution in [3.8, 4) is 11.5 Å². The van der Waals surface area contributed by atoms with Gasteiger partial charge in [-0.2, -0.15) is 0 Å². The molecule has 1 aromatic rings. The first-order valence-electron chi connectivity index (χ1n) is 10.8. The fraction of sp³-hybridized carbons (Fsp3) is 0.696. The molecule has 30 heavy (non-hydrogen) atoms. The molecule has 0 radical (unpaired) electrons. The first-order valence-corrected chi connectivity index (χ1v) is 10.8. The van der Waals surface area contributed by atoms with Crippen LogP contribution in [0.15, 0.2) is 23.2 Å². The van der Waals surface area contributed by atoms with Crippen LogP contribution in [-0.2, 0) is 10.2 Å². The molecule has 1 unspecified atom stereocenters. The van der Waals surface area contributed by atoms with Crippen LogP contribution in [0.2, 0.25) is 0 Å². The third-order valence-electron chi connectivity index (χ3n) is 6.59. The minimum absolute atomic E-state index is 0. The second-order valence-corrected chi connectivity index (χ2v) is 8.37. The molecule has 6 nitrogen and oxygen atoms in total. The number of aliphatic imine (C=N–C) groups is 1. The zero-order valence-electron chi connectivity index (χ0n) is 18.9. The lowest BCUT2D eigenvalue weighted by Gasteiger charge is -2.39. The molecular weight excluding hydrogens is 493 g/mol. The lowest BCUT2D eigenvalue weighted by atomic mass is 9.69. The van der Waals surface area contributed by atoms with Crippen LogP contribution in [-0.4, -0.2) is 65.5 Å². The van der Waals surface area contributed by atoms with Crippen molar-refractivity contribution >= 4 is 29.9 Å². The molecule has 1 N–H and O–H groups in total. The number of hydrogen-bond acceptors (Lipinski definition) is 4. The summed E-state index contributed by atoms with van der Waals surface area (Å²) in [6.45, 7) is 3.76. The van der Waals surface area contributed by atoms with Gasteiger partial charge in [-0.05, 0) is 37.0 Å². The number of likely N-dealkylation sites (tertiary alicyclic amines) is 1. The van der Waals surface area contributed by atoms with Crippen LogP contribution in [0.5, 0.6) is 11.5 Å². The van der Waals surface area contributed by atoms with Crippen molar-refractivity contribution in [2.75, 3.05) is 54.6 Å². The molecule has 0 spiro atoms. The Balaban J connectivity index is 0.00000320. The van der Waals surface area contributed by atoms with Crippen LogP contribution in [0.1, 0.15) is 44.1 Å². The van der Waals surface area contributed by atoms with Gasteiger partial charge in [0.2, 0.25) is 0 Å². The van der Waals surface area contributed by atoms with E-state index in [-0.39, 0.29) is 29.4 Å². The van der Waals surface area contributed by atoms with Gasteiger partial charge in [0.05, 0.1) is 20.8 Å². The Labute approximate surface area is 198 Å². The Hall–Kier alpha value is -1.22. The van der Waals surface area contributed by atoms with Crippen LogP contribution in [0.25, 0.3) is 0 Å². The maximum Gasteiger partial charge on any atom is 0.193 e. The van der Waals surface area contributed by atoms with Gasteiger partial charge in [0.1, 0.15) is 0 Å². The summed E-state index contributed by atoms with van der Waals surface area (Å²) in [5.41, 5.74) is 1.43. The third kappa shape index (κ3) is 5.72. The molecule has 0 aromatic heterocycles. The smallest absolute Gasteiger partial charge is 0.193 e. The minimum Gasteiger partial charge on any atom is -0.493 e. The Morgan fingerprint density at radius 1 is 1.13 bits per heavy atom. The van der Waals surface area contributed by atoms with Gasteiger partial charge >= 0.3 is 0 Å². The predicted octanol–water partition coefficient (Wildman–Crippen LogP) is 4.07. The molecule has 2 fully saturated rings. The lowest BCUT2D eigenvalue weighted by molar-refractivity contribution is 0.157. The van der Waals surface area contributed by atoms with Crippen LogP contribution in [0.3, 0.4) is 0 Å². The SMILES string of the molecule is CN=C(NCC1(c2ccc(OC)c(OC)c2)CCCCC1)N1CCC(COC)C1.I. The molecule has 0 amide bonds. The molecule has 170 valence electrons. The Morgan fingerprint density at radius 2 is 1.87 bits per heavy atom. The molecule has 1 heterocycles. The van der Waals surface area contributed by atoms with Gasteiger partial charge in [-0.1, -0.05) is 25.3 Å². The maximum atomic E-state index is 5.59. The number of methoxy groups -OCH3 is 3. The Kier molecular flexibility index (Phi) is 10.0. The highest BCUT2D eigenvalue weighted by atomic mass is 127. The van der Waals surface area contributed by atoms with E-state index in [9.17, 15) is 0 Å². The van der Waals surface area contributed by atoms with Crippen LogP contribution < -0.4 is 14.8 Å². The number of hydrogen-bond donors (Lipinski definition) is 1. The van der Waals surface area contributed by atoms with Gasteiger partial charge in [0.25, 0.3) is 0 Å². The van der Waals surface area contributed by atoms with Gasteiger partial charge in [0.15, 0.2) is 17.5 Å². The molecule has 7 heteroatoms. The molecule has 1 aliphatic heterocycles. The lowest BCUT2D eigenvalue weighted by Crippen LogP contribution is -2.47. The average Bonchev–Trinajstić information content (AvgIpc) is 3.23. The summed E-state index contributed by atoms with van der Waals surface area (Å²) >= 11 is 0.